The van der Waals surface area contributed by atoms with Gasteiger partial charge in [0.05, 0.1) is 17.0 Å². The number of unbranched alkanes of at least 4 members (excludes halogenated alkanes) is 7. The number of nitrogens with zero attached hydrogens (tertiary/aromatic N) is 2. The molecule has 0 saturated carbocycles. The number of thioether (sulfide) groups is 1. The lowest BCUT2D eigenvalue weighted by molar-refractivity contribution is 0.310. The predicted octanol–water partition coefficient (Wildman–Crippen LogP) is 6.63. The van der Waals surface area contributed by atoms with Gasteiger partial charge in [-0.05, 0) is 37.4 Å². The first-order valence-electron chi connectivity index (χ1n) is 11.0. The van der Waals surface area contributed by atoms with E-state index in [-0.39, 0.29) is 0 Å². The van der Waals surface area contributed by atoms with E-state index in [0.717, 1.165) is 60.6 Å². The maximum absolute atomic E-state index is 9.56. The molecule has 0 aliphatic heterocycles. The second-order valence-corrected chi connectivity index (χ2v) is 9.69. The highest BCUT2D eigenvalue weighted by Crippen LogP contribution is 2.33. The highest BCUT2D eigenvalue weighted by molar-refractivity contribution is 7.99. The molecule has 1 N–H and O–H groups in total. The third-order valence-corrected chi connectivity index (χ3v) is 6.68. The Morgan fingerprint density at radius 2 is 1.81 bits per heavy atom. The molecule has 0 aromatic carbocycles. The van der Waals surface area contributed by atoms with Crippen LogP contribution in [0.25, 0.3) is 0 Å². The summed E-state index contributed by atoms with van der Waals surface area (Å²) in [4.78, 5) is 0. The van der Waals surface area contributed by atoms with Crippen LogP contribution in [-0.2, 0) is 12.8 Å². The van der Waals surface area contributed by atoms with Crippen LogP contribution in [0.2, 0.25) is 0 Å². The molecule has 0 radical (unpaired) electrons. The van der Waals surface area contributed by atoms with Gasteiger partial charge in [0.25, 0.3) is 0 Å². The number of rotatable bonds is 13. The van der Waals surface area contributed by atoms with Crippen molar-refractivity contribution in [1.29, 1.82) is 0 Å². The van der Waals surface area contributed by atoms with E-state index in [1.807, 2.05) is 11.8 Å². The molecule has 4 nitrogen and oxygen atoms in total. The molecule has 1 aliphatic rings. The minimum absolute atomic E-state index is 0.487. The van der Waals surface area contributed by atoms with E-state index in [9.17, 15) is 5.21 Å². The highest BCUT2D eigenvalue weighted by Gasteiger charge is 2.31. The molecule has 27 heavy (non-hydrogen) atoms. The molecule has 2 rings (SSSR count). The predicted molar refractivity (Wildman–Crippen MR) is 115 cm³/mol. The first-order chi connectivity index (χ1) is 13.2. The summed E-state index contributed by atoms with van der Waals surface area (Å²) < 4.78 is 5.66. The molecule has 0 fully saturated rings. The van der Waals surface area contributed by atoms with Crippen molar-refractivity contribution in [3.63, 3.8) is 0 Å². The first-order valence-corrected chi connectivity index (χ1v) is 12.0. The van der Waals surface area contributed by atoms with Crippen LogP contribution in [0.5, 0.6) is 0 Å². The number of oxime groups is 1. The summed E-state index contributed by atoms with van der Waals surface area (Å²) in [5.41, 5.74) is 2.79. The lowest BCUT2D eigenvalue weighted by Crippen LogP contribution is -2.23. The average Bonchev–Trinajstić information content (AvgIpc) is 3.06. The number of hydrogen-bond donors (Lipinski definition) is 1. The third kappa shape index (κ3) is 7.17. The van der Waals surface area contributed by atoms with Gasteiger partial charge in [-0.2, -0.15) is 11.8 Å². The number of aryl methyl sites for hydroxylation is 1. The molecule has 1 aromatic heterocycles. The van der Waals surface area contributed by atoms with Crippen molar-refractivity contribution >= 4 is 17.5 Å². The smallest absolute Gasteiger partial charge is 0.146 e. The number of fused-ring (bicyclic) bond motifs is 1. The number of aromatic nitrogens is 1. The molecule has 0 bridgehead atoms. The molecule has 2 atom stereocenters. The topological polar surface area (TPSA) is 58.6 Å². The Hall–Kier alpha value is -0.970. The molecule has 0 amide bonds. The molecule has 1 heterocycles. The van der Waals surface area contributed by atoms with E-state index in [4.69, 9.17) is 4.52 Å². The van der Waals surface area contributed by atoms with Crippen LogP contribution >= 0.6 is 11.8 Å². The third-order valence-electron chi connectivity index (χ3n) is 5.58. The van der Waals surface area contributed by atoms with E-state index >= 15 is 0 Å². The summed E-state index contributed by atoms with van der Waals surface area (Å²) >= 11 is 1.99. The zero-order valence-electron chi connectivity index (χ0n) is 17.5. The monoisotopic (exact) mass is 394 g/mol. The maximum Gasteiger partial charge on any atom is 0.146 e. The summed E-state index contributed by atoms with van der Waals surface area (Å²) in [6, 6.07) is 0. The van der Waals surface area contributed by atoms with E-state index < -0.39 is 0 Å². The first kappa shape index (κ1) is 22.3. The minimum Gasteiger partial charge on any atom is -0.411 e. The fourth-order valence-corrected chi connectivity index (χ4v) is 5.19. The Kier molecular flexibility index (Phi) is 10.3. The van der Waals surface area contributed by atoms with Crippen LogP contribution in [0.3, 0.4) is 0 Å². The largest absolute Gasteiger partial charge is 0.411 e. The van der Waals surface area contributed by atoms with Crippen LogP contribution in [0.15, 0.2) is 9.68 Å². The van der Waals surface area contributed by atoms with Crippen molar-refractivity contribution in [2.45, 2.75) is 103 Å². The summed E-state index contributed by atoms with van der Waals surface area (Å²) in [6.45, 7) is 6.75. The van der Waals surface area contributed by atoms with Gasteiger partial charge < -0.3 is 9.73 Å². The van der Waals surface area contributed by atoms with E-state index in [1.54, 1.807) is 0 Å². The van der Waals surface area contributed by atoms with Gasteiger partial charge in [0.15, 0.2) is 0 Å². The molecule has 2 unspecified atom stereocenters. The minimum atomic E-state index is 0.487. The van der Waals surface area contributed by atoms with Gasteiger partial charge in [-0.3, -0.25) is 0 Å². The van der Waals surface area contributed by atoms with E-state index in [2.05, 4.69) is 31.1 Å². The molecular weight excluding hydrogens is 356 g/mol. The Balaban J connectivity index is 1.82. The van der Waals surface area contributed by atoms with Crippen molar-refractivity contribution in [1.82, 2.24) is 5.16 Å². The van der Waals surface area contributed by atoms with Crippen LogP contribution in [0, 0.1) is 5.92 Å². The second kappa shape index (κ2) is 12.5. The fraction of sp³-hybridized carbons (Fsp3) is 0.818. The van der Waals surface area contributed by atoms with Gasteiger partial charge >= 0.3 is 0 Å². The Labute approximate surface area is 169 Å². The molecule has 154 valence electrons. The normalized spacial score (nSPS) is 19.4. The molecule has 1 aromatic rings. The Morgan fingerprint density at radius 1 is 1.11 bits per heavy atom. The average molecular weight is 395 g/mol. The van der Waals surface area contributed by atoms with Crippen LogP contribution in [0.1, 0.15) is 102 Å². The van der Waals surface area contributed by atoms with Gasteiger partial charge in [-0.1, -0.05) is 76.0 Å². The lowest BCUT2D eigenvalue weighted by atomic mass is 9.83. The summed E-state index contributed by atoms with van der Waals surface area (Å²) in [7, 11) is 0. The van der Waals surface area contributed by atoms with Crippen molar-refractivity contribution in [3.8, 4) is 0 Å². The van der Waals surface area contributed by atoms with Crippen molar-refractivity contribution < 1.29 is 9.73 Å². The van der Waals surface area contributed by atoms with Gasteiger partial charge in [-0.25, -0.2) is 0 Å². The zero-order chi connectivity index (χ0) is 19.5. The summed E-state index contributed by atoms with van der Waals surface area (Å²) in [5, 5.41) is 18.1. The van der Waals surface area contributed by atoms with Crippen molar-refractivity contribution in [3.05, 3.63) is 17.0 Å². The highest BCUT2D eigenvalue weighted by atomic mass is 32.2. The number of hydrogen-bond acceptors (Lipinski definition) is 5. The fourth-order valence-electron chi connectivity index (χ4n) is 4.22. The summed E-state index contributed by atoms with van der Waals surface area (Å²) in [6.07, 6.45) is 14.3. The molecular formula is C22H38N2O2S. The van der Waals surface area contributed by atoms with Gasteiger partial charge in [0.1, 0.15) is 5.76 Å². The zero-order valence-corrected chi connectivity index (χ0v) is 18.3. The van der Waals surface area contributed by atoms with Gasteiger partial charge in [0, 0.05) is 11.7 Å². The SMILES string of the molecule is CCCCCCCCCCc1noc2c1/C(=N\O)CC(CC(C)SCC)C2. The lowest BCUT2D eigenvalue weighted by Gasteiger charge is -2.24. The van der Waals surface area contributed by atoms with Crippen LogP contribution < -0.4 is 0 Å². The maximum atomic E-state index is 9.56. The Morgan fingerprint density at radius 3 is 2.48 bits per heavy atom. The molecule has 1 aliphatic carbocycles. The Bertz CT molecular complexity index is 571. The van der Waals surface area contributed by atoms with E-state index in [1.165, 1.54) is 44.9 Å². The van der Waals surface area contributed by atoms with Gasteiger partial charge in [-0.15, -0.1) is 0 Å². The van der Waals surface area contributed by atoms with Crippen molar-refractivity contribution in [2.75, 3.05) is 5.75 Å². The quantitative estimate of drug-likeness (QED) is 0.232. The molecule has 0 spiro atoms. The molecule has 0 saturated heterocycles. The molecule has 5 heteroatoms. The van der Waals surface area contributed by atoms with Crippen LogP contribution in [0.4, 0.5) is 0 Å². The second-order valence-electron chi connectivity index (χ2n) is 7.97. The van der Waals surface area contributed by atoms with Crippen molar-refractivity contribution in [2.24, 2.45) is 11.1 Å². The van der Waals surface area contributed by atoms with Crippen LogP contribution in [-0.4, -0.2) is 27.1 Å². The van der Waals surface area contributed by atoms with E-state index in [0.29, 0.717) is 11.2 Å². The summed E-state index contributed by atoms with van der Waals surface area (Å²) in [5.74, 6) is 2.56. The van der Waals surface area contributed by atoms with Gasteiger partial charge in [0.2, 0.25) is 0 Å². The standard InChI is InChI=1S/C22H38N2O2S/c1-4-6-7-8-9-10-11-12-13-19-22-20(23-25)15-18(14-17(3)27-5-2)16-21(22)26-24-19/h17-18,25H,4-16H2,1-3H3/b23-20-.